The quantitative estimate of drug-likeness (QED) is 0.155. The first kappa shape index (κ1) is 28.5. The van der Waals surface area contributed by atoms with E-state index in [2.05, 4.69) is 5.16 Å². The van der Waals surface area contributed by atoms with E-state index >= 15 is 0 Å². The molecule has 0 spiro atoms. The van der Waals surface area contributed by atoms with E-state index < -0.39 is 28.4 Å². The van der Waals surface area contributed by atoms with E-state index in [0.29, 0.717) is 0 Å². The molecule has 0 radical (unpaired) electrons. The van der Waals surface area contributed by atoms with Crippen LogP contribution in [0, 0.1) is 0 Å². The summed E-state index contributed by atoms with van der Waals surface area (Å²) in [6, 6.07) is 28.7. The van der Waals surface area contributed by atoms with Crippen LogP contribution >= 0.6 is 0 Å². The lowest BCUT2D eigenvalue weighted by atomic mass is 10.1. The topological polar surface area (TPSA) is 92.7 Å². The van der Waals surface area contributed by atoms with Crippen molar-refractivity contribution in [2.24, 2.45) is 5.16 Å². The molecular weight excluding hydrogens is 494 g/mol. The van der Waals surface area contributed by atoms with Gasteiger partial charge in [-0.25, -0.2) is 0 Å². The minimum absolute atomic E-state index is 0.0621. The van der Waals surface area contributed by atoms with Gasteiger partial charge in [-0.1, -0.05) is 96.2 Å². The Balaban J connectivity index is 1.85. The van der Waals surface area contributed by atoms with Crippen LogP contribution in [0.2, 0.25) is 0 Å². The van der Waals surface area contributed by atoms with Gasteiger partial charge in [-0.2, -0.15) is 8.42 Å². The summed E-state index contributed by atoms with van der Waals surface area (Å²) < 4.78 is 48.2. The molecule has 0 aromatic heterocycles. The molecule has 37 heavy (non-hydrogen) atoms. The number of nitrogens with zero attached hydrogens (tertiary/aromatic N) is 1. The Kier molecular flexibility index (Phi) is 11.7. The first-order valence-electron chi connectivity index (χ1n) is 11.8. The first-order chi connectivity index (χ1) is 17.9. The maximum Gasteiger partial charge on any atom is 0.264 e. The van der Waals surface area contributed by atoms with Gasteiger partial charge in [-0.3, -0.25) is 4.18 Å². The largest absolute Gasteiger partial charge is 0.399 e. The highest BCUT2D eigenvalue weighted by Gasteiger charge is 2.34. The Bertz CT molecular complexity index is 1160. The van der Waals surface area contributed by atoms with Crippen LogP contribution in [0.1, 0.15) is 16.7 Å². The molecule has 8 nitrogen and oxygen atoms in total. The van der Waals surface area contributed by atoms with E-state index in [1.165, 1.54) is 13.3 Å². The van der Waals surface area contributed by atoms with Crippen molar-refractivity contribution in [2.75, 3.05) is 20.0 Å². The van der Waals surface area contributed by atoms with Crippen molar-refractivity contribution in [1.82, 2.24) is 0 Å². The zero-order chi connectivity index (χ0) is 26.3. The van der Waals surface area contributed by atoms with Crippen LogP contribution in [-0.4, -0.2) is 52.9 Å². The average Bonchev–Trinajstić information content (AvgIpc) is 2.90. The Morgan fingerprint density at radius 3 is 1.73 bits per heavy atom. The lowest BCUT2D eigenvalue weighted by Gasteiger charge is -2.31. The van der Waals surface area contributed by atoms with Crippen molar-refractivity contribution >= 4 is 16.3 Å². The van der Waals surface area contributed by atoms with Crippen LogP contribution in [-0.2, 0) is 53.2 Å². The summed E-state index contributed by atoms with van der Waals surface area (Å²) in [6.45, 7) is 0.647. The molecule has 3 aromatic carbocycles. The molecular formula is C28H33NO7S. The van der Waals surface area contributed by atoms with Gasteiger partial charge in [-0.05, 0) is 16.7 Å². The van der Waals surface area contributed by atoms with E-state index in [0.717, 1.165) is 22.9 Å². The highest BCUT2D eigenvalue weighted by atomic mass is 32.2. The minimum atomic E-state index is -3.86. The van der Waals surface area contributed by atoms with Gasteiger partial charge < -0.3 is 19.0 Å². The van der Waals surface area contributed by atoms with Crippen LogP contribution in [0.4, 0.5) is 0 Å². The Morgan fingerprint density at radius 2 is 1.24 bits per heavy atom. The lowest BCUT2D eigenvalue weighted by molar-refractivity contribution is -0.118. The molecule has 0 bridgehead atoms. The summed E-state index contributed by atoms with van der Waals surface area (Å²) in [6.07, 6.45) is -0.293. The molecule has 0 aliphatic heterocycles. The van der Waals surface area contributed by atoms with Crippen LogP contribution in [0.5, 0.6) is 0 Å². The maximum absolute atomic E-state index is 12.2. The smallest absolute Gasteiger partial charge is 0.264 e. The standard InChI is InChI=1S/C28H33NO7S/c1-32-29-18-26(34-20-24-14-8-4-9-15-24)28(35-21-25-16-10-5-11-17-25)27(36-37(2,30)31)22-33-19-23-12-6-3-7-13-23/h3-18,26-28H,19-22H2,1-2H3/b29-18+. The van der Waals surface area contributed by atoms with E-state index in [1.54, 1.807) is 0 Å². The molecule has 0 amide bonds. The van der Waals surface area contributed by atoms with Crippen molar-refractivity contribution in [3.8, 4) is 0 Å². The summed E-state index contributed by atoms with van der Waals surface area (Å²) in [4.78, 5) is 4.90. The predicted molar refractivity (Wildman–Crippen MR) is 141 cm³/mol. The van der Waals surface area contributed by atoms with Gasteiger partial charge in [0.05, 0.1) is 38.9 Å². The fourth-order valence-electron chi connectivity index (χ4n) is 3.56. The van der Waals surface area contributed by atoms with E-state index in [9.17, 15) is 8.42 Å². The zero-order valence-corrected chi connectivity index (χ0v) is 21.8. The summed E-state index contributed by atoms with van der Waals surface area (Å²) >= 11 is 0. The van der Waals surface area contributed by atoms with Crippen molar-refractivity contribution in [3.63, 3.8) is 0 Å². The van der Waals surface area contributed by atoms with Gasteiger partial charge in [0.1, 0.15) is 25.4 Å². The third-order valence-electron chi connectivity index (χ3n) is 5.27. The summed E-state index contributed by atoms with van der Waals surface area (Å²) in [5.74, 6) is 0. The number of hydrogen-bond donors (Lipinski definition) is 0. The van der Waals surface area contributed by atoms with Gasteiger partial charge in [0.25, 0.3) is 10.1 Å². The molecule has 0 saturated heterocycles. The molecule has 0 fully saturated rings. The number of hydrogen-bond acceptors (Lipinski definition) is 8. The molecule has 0 aliphatic carbocycles. The minimum Gasteiger partial charge on any atom is -0.399 e. The van der Waals surface area contributed by atoms with Gasteiger partial charge >= 0.3 is 0 Å². The summed E-state index contributed by atoms with van der Waals surface area (Å²) in [5.41, 5.74) is 2.78. The van der Waals surface area contributed by atoms with Crippen molar-refractivity contribution in [1.29, 1.82) is 0 Å². The Labute approximate surface area is 218 Å². The van der Waals surface area contributed by atoms with Gasteiger partial charge in [0.15, 0.2) is 0 Å². The van der Waals surface area contributed by atoms with E-state index in [-0.39, 0.29) is 26.4 Å². The normalized spacial score (nSPS) is 14.3. The fourth-order valence-corrected chi connectivity index (χ4v) is 4.17. The number of oxime groups is 1. The summed E-state index contributed by atoms with van der Waals surface area (Å²) in [5, 5.41) is 3.89. The SMILES string of the molecule is CO/N=C/C(OCc1ccccc1)C(OCc1ccccc1)C(COCc1ccccc1)OS(C)(=O)=O. The summed E-state index contributed by atoms with van der Waals surface area (Å²) in [7, 11) is -2.44. The molecule has 0 saturated carbocycles. The van der Waals surface area contributed by atoms with Crippen molar-refractivity contribution in [2.45, 2.75) is 38.1 Å². The predicted octanol–water partition coefficient (Wildman–Crippen LogP) is 4.35. The van der Waals surface area contributed by atoms with Crippen molar-refractivity contribution < 1.29 is 31.6 Å². The Hall–Kier alpha value is -3.08. The first-order valence-corrected chi connectivity index (χ1v) is 13.6. The van der Waals surface area contributed by atoms with Crippen molar-refractivity contribution in [3.05, 3.63) is 108 Å². The number of ether oxygens (including phenoxy) is 3. The average molecular weight is 528 g/mol. The molecule has 3 aromatic rings. The third-order valence-corrected chi connectivity index (χ3v) is 5.86. The molecule has 3 rings (SSSR count). The highest BCUT2D eigenvalue weighted by molar-refractivity contribution is 7.86. The highest BCUT2D eigenvalue weighted by Crippen LogP contribution is 2.19. The third kappa shape index (κ3) is 10.8. The van der Waals surface area contributed by atoms with Crippen LogP contribution in [0.3, 0.4) is 0 Å². The Morgan fingerprint density at radius 1 is 0.757 bits per heavy atom. The molecule has 3 atom stereocenters. The maximum atomic E-state index is 12.2. The van der Waals surface area contributed by atoms with E-state index in [1.807, 2.05) is 91.0 Å². The molecule has 0 N–H and O–H groups in total. The van der Waals surface area contributed by atoms with Gasteiger partial charge in [0, 0.05) is 0 Å². The molecule has 3 unspecified atom stereocenters. The second-order valence-corrected chi connectivity index (χ2v) is 9.90. The zero-order valence-electron chi connectivity index (χ0n) is 21.0. The number of benzene rings is 3. The second-order valence-electron chi connectivity index (χ2n) is 8.30. The van der Waals surface area contributed by atoms with Gasteiger partial charge in [0.2, 0.25) is 0 Å². The lowest BCUT2D eigenvalue weighted by Crippen LogP contribution is -2.46. The van der Waals surface area contributed by atoms with Crippen LogP contribution in [0.15, 0.2) is 96.2 Å². The molecule has 9 heteroatoms. The van der Waals surface area contributed by atoms with Crippen LogP contribution < -0.4 is 0 Å². The van der Waals surface area contributed by atoms with Gasteiger partial charge in [-0.15, -0.1) is 0 Å². The number of rotatable bonds is 16. The van der Waals surface area contributed by atoms with E-state index in [4.69, 9.17) is 23.2 Å². The van der Waals surface area contributed by atoms with Crippen LogP contribution in [0.25, 0.3) is 0 Å². The second kappa shape index (κ2) is 15.2. The molecule has 198 valence electrons. The molecule has 0 aliphatic rings. The monoisotopic (exact) mass is 527 g/mol. The molecule has 0 heterocycles. The fraction of sp³-hybridized carbons (Fsp3) is 0.321.